The average Bonchev–Trinajstić information content (AvgIpc) is 2.26. The van der Waals surface area contributed by atoms with E-state index in [4.69, 9.17) is 23.2 Å². The molecule has 0 fully saturated rings. The summed E-state index contributed by atoms with van der Waals surface area (Å²) in [6, 6.07) is 5.42. The molecule has 0 unspecified atom stereocenters. The van der Waals surface area contributed by atoms with Crippen LogP contribution in [0.4, 0.5) is 11.6 Å². The number of hydrogen-bond donors (Lipinski definition) is 0. The number of aliphatic imine (C=N–C) groups is 2. The molecule has 0 bridgehead atoms. The van der Waals surface area contributed by atoms with Gasteiger partial charge < -0.3 is 0 Å². The second kappa shape index (κ2) is 6.23. The molecule has 0 aliphatic rings. The van der Waals surface area contributed by atoms with Gasteiger partial charge in [-0.25, -0.2) is 15.0 Å². The van der Waals surface area contributed by atoms with E-state index in [1.807, 2.05) is 47.6 Å². The van der Waals surface area contributed by atoms with Crippen molar-refractivity contribution in [2.75, 3.05) is 0 Å². The van der Waals surface area contributed by atoms with E-state index < -0.39 is 0 Å². The molecule has 0 aromatic carbocycles. The average molecular weight is 314 g/mol. The van der Waals surface area contributed by atoms with Gasteiger partial charge in [0.05, 0.1) is 0 Å². The SMILES string of the molecule is CC(C)(C)C(Cl)=Nc1cccc(/N=C(\Cl)C(C)(C)C)n1. The lowest BCUT2D eigenvalue weighted by Crippen LogP contribution is -2.14. The monoisotopic (exact) mass is 313 g/mol. The van der Waals surface area contributed by atoms with Crippen LogP contribution >= 0.6 is 23.2 Å². The maximum Gasteiger partial charge on any atom is 0.155 e. The van der Waals surface area contributed by atoms with Crippen LogP contribution in [0, 0.1) is 10.8 Å². The minimum absolute atomic E-state index is 0.203. The normalized spacial score (nSPS) is 14.6. The van der Waals surface area contributed by atoms with Gasteiger partial charge in [-0.3, -0.25) is 0 Å². The minimum atomic E-state index is -0.203. The van der Waals surface area contributed by atoms with E-state index in [1.54, 1.807) is 12.1 Å². The largest absolute Gasteiger partial charge is 0.221 e. The van der Waals surface area contributed by atoms with E-state index >= 15 is 0 Å². The Morgan fingerprint density at radius 1 is 0.850 bits per heavy atom. The molecule has 0 amide bonds. The Hall–Kier alpha value is -0.930. The molecule has 1 aromatic heterocycles. The molecule has 1 heterocycles. The Morgan fingerprint density at radius 2 is 1.20 bits per heavy atom. The maximum absolute atomic E-state index is 6.17. The summed E-state index contributed by atoms with van der Waals surface area (Å²) in [7, 11) is 0. The second-order valence-electron chi connectivity index (χ2n) is 6.66. The first-order valence-electron chi connectivity index (χ1n) is 6.46. The molecule has 3 nitrogen and oxygen atoms in total. The number of rotatable bonds is 2. The van der Waals surface area contributed by atoms with Crippen molar-refractivity contribution in [2.45, 2.75) is 41.5 Å². The Morgan fingerprint density at radius 3 is 1.50 bits per heavy atom. The van der Waals surface area contributed by atoms with Crippen molar-refractivity contribution < 1.29 is 0 Å². The summed E-state index contributed by atoms with van der Waals surface area (Å²) in [4.78, 5) is 13.0. The van der Waals surface area contributed by atoms with Gasteiger partial charge in [-0.05, 0) is 12.1 Å². The minimum Gasteiger partial charge on any atom is -0.221 e. The third kappa shape index (κ3) is 5.22. The van der Waals surface area contributed by atoms with Crippen LogP contribution in [0.25, 0.3) is 0 Å². The number of hydrogen-bond acceptors (Lipinski definition) is 3. The fourth-order valence-electron chi connectivity index (χ4n) is 1.07. The van der Waals surface area contributed by atoms with Gasteiger partial charge in [0.1, 0.15) is 10.3 Å². The predicted molar refractivity (Wildman–Crippen MR) is 89.0 cm³/mol. The Labute approximate surface area is 131 Å². The van der Waals surface area contributed by atoms with E-state index in [1.165, 1.54) is 0 Å². The van der Waals surface area contributed by atoms with Gasteiger partial charge in [-0.2, -0.15) is 0 Å². The summed E-state index contributed by atoms with van der Waals surface area (Å²) in [5, 5.41) is 1.01. The molecular weight excluding hydrogens is 293 g/mol. The molecule has 0 N–H and O–H groups in total. The van der Waals surface area contributed by atoms with E-state index in [2.05, 4.69) is 15.0 Å². The predicted octanol–water partition coefficient (Wildman–Crippen LogP) is 5.71. The summed E-state index contributed by atoms with van der Waals surface area (Å²) in [6.07, 6.45) is 0. The third-order valence-electron chi connectivity index (χ3n) is 2.38. The lowest BCUT2D eigenvalue weighted by Gasteiger charge is -2.16. The van der Waals surface area contributed by atoms with Crippen molar-refractivity contribution in [1.82, 2.24) is 4.98 Å². The fraction of sp³-hybridized carbons (Fsp3) is 0.533. The summed E-state index contributed by atoms with van der Waals surface area (Å²) in [6.45, 7) is 12.0. The van der Waals surface area contributed by atoms with Crippen LogP contribution < -0.4 is 0 Å². The summed E-state index contributed by atoms with van der Waals surface area (Å²) in [5.41, 5.74) is -0.406. The van der Waals surface area contributed by atoms with Crippen LogP contribution in [0.5, 0.6) is 0 Å². The first-order valence-corrected chi connectivity index (χ1v) is 7.22. The maximum atomic E-state index is 6.17. The number of aromatic nitrogens is 1. The highest BCUT2D eigenvalue weighted by molar-refractivity contribution is 6.67. The fourth-order valence-corrected chi connectivity index (χ4v) is 1.25. The number of halogens is 2. The number of pyridine rings is 1. The molecule has 5 heteroatoms. The Balaban J connectivity index is 3.10. The quantitative estimate of drug-likeness (QED) is 0.644. The van der Waals surface area contributed by atoms with E-state index in [0.717, 1.165) is 0 Å². The lowest BCUT2D eigenvalue weighted by molar-refractivity contribution is 0.600. The molecule has 110 valence electrons. The molecule has 0 aliphatic heterocycles. The molecule has 0 aliphatic carbocycles. The zero-order chi connectivity index (χ0) is 15.6. The molecule has 1 rings (SSSR count). The molecule has 0 radical (unpaired) electrons. The highest BCUT2D eigenvalue weighted by Gasteiger charge is 2.18. The lowest BCUT2D eigenvalue weighted by atomic mass is 9.99. The zero-order valence-corrected chi connectivity index (χ0v) is 14.3. The summed E-state index contributed by atoms with van der Waals surface area (Å²) < 4.78 is 0. The molecule has 1 aromatic rings. The first kappa shape index (κ1) is 17.1. The van der Waals surface area contributed by atoms with Gasteiger partial charge >= 0.3 is 0 Å². The molecule has 0 atom stereocenters. The van der Waals surface area contributed by atoms with Gasteiger partial charge in [-0.1, -0.05) is 70.8 Å². The number of nitrogens with zero attached hydrogens (tertiary/aromatic N) is 3. The zero-order valence-electron chi connectivity index (χ0n) is 12.8. The van der Waals surface area contributed by atoms with Crippen molar-refractivity contribution in [1.29, 1.82) is 0 Å². The van der Waals surface area contributed by atoms with E-state index in [-0.39, 0.29) is 10.8 Å². The highest BCUT2D eigenvalue weighted by atomic mass is 35.5. The van der Waals surface area contributed by atoms with Crippen molar-refractivity contribution >= 4 is 45.2 Å². The Bertz CT molecular complexity index is 490. The standard InChI is InChI=1S/C15H21Cl2N3/c1-14(2,3)12(16)19-10-8-7-9-11(18-10)20-13(17)15(4,5)6/h7-9H,1-6H3/b19-12-,20-13?. The van der Waals surface area contributed by atoms with Crippen LogP contribution in [0.1, 0.15) is 41.5 Å². The van der Waals surface area contributed by atoms with Crippen LogP contribution in [0.3, 0.4) is 0 Å². The molecule has 0 saturated heterocycles. The highest BCUT2D eigenvalue weighted by Crippen LogP contribution is 2.25. The van der Waals surface area contributed by atoms with Gasteiger partial charge in [0, 0.05) is 10.8 Å². The van der Waals surface area contributed by atoms with Gasteiger partial charge in [0.25, 0.3) is 0 Å². The third-order valence-corrected chi connectivity index (χ3v) is 3.69. The van der Waals surface area contributed by atoms with Crippen LogP contribution in [0.15, 0.2) is 28.2 Å². The molecule has 0 spiro atoms. The van der Waals surface area contributed by atoms with Crippen molar-refractivity contribution in [3.8, 4) is 0 Å². The molecule has 20 heavy (non-hydrogen) atoms. The van der Waals surface area contributed by atoms with Crippen LogP contribution in [0.2, 0.25) is 0 Å². The second-order valence-corrected chi connectivity index (χ2v) is 7.38. The molecular formula is C15H21Cl2N3. The Kier molecular flexibility index (Phi) is 5.33. The smallest absolute Gasteiger partial charge is 0.155 e. The van der Waals surface area contributed by atoms with Crippen molar-refractivity contribution in [2.24, 2.45) is 20.8 Å². The topological polar surface area (TPSA) is 37.6 Å². The molecule has 0 saturated carbocycles. The summed E-state index contributed by atoms with van der Waals surface area (Å²) in [5.74, 6) is 1.06. The van der Waals surface area contributed by atoms with Crippen LogP contribution in [-0.2, 0) is 0 Å². The van der Waals surface area contributed by atoms with Gasteiger partial charge in [0.2, 0.25) is 0 Å². The van der Waals surface area contributed by atoms with Crippen molar-refractivity contribution in [3.05, 3.63) is 18.2 Å². The van der Waals surface area contributed by atoms with E-state index in [0.29, 0.717) is 22.0 Å². The van der Waals surface area contributed by atoms with Crippen LogP contribution in [-0.4, -0.2) is 15.3 Å². The van der Waals surface area contributed by atoms with Gasteiger partial charge in [-0.15, -0.1) is 0 Å². The summed E-state index contributed by atoms with van der Waals surface area (Å²) >= 11 is 12.3. The van der Waals surface area contributed by atoms with E-state index in [9.17, 15) is 0 Å². The van der Waals surface area contributed by atoms with Gasteiger partial charge in [0.15, 0.2) is 11.6 Å². The first-order chi connectivity index (χ1) is 9.00. The van der Waals surface area contributed by atoms with Crippen molar-refractivity contribution in [3.63, 3.8) is 0 Å².